The average Bonchev–Trinajstić information content (AvgIpc) is 3.08. The van der Waals surface area contributed by atoms with Crippen LogP contribution in [0, 0.1) is 0 Å². The lowest BCUT2D eigenvalue weighted by Crippen LogP contribution is -2.43. The summed E-state index contributed by atoms with van der Waals surface area (Å²) in [5, 5.41) is 0. The molecule has 0 saturated heterocycles. The first-order valence-electron chi connectivity index (χ1n) is 21.2. The van der Waals surface area contributed by atoms with Crippen LogP contribution in [0.1, 0.15) is 221 Å². The predicted octanol–water partition coefficient (Wildman–Crippen LogP) is 12.4. The molecule has 0 aliphatic rings. The highest BCUT2D eigenvalue weighted by Gasteiger charge is 2.25. The van der Waals surface area contributed by atoms with Crippen molar-refractivity contribution < 1.29 is 14.3 Å². The summed E-state index contributed by atoms with van der Waals surface area (Å²) in [6.45, 7) is 14.4. The van der Waals surface area contributed by atoms with Crippen molar-refractivity contribution in [2.75, 3.05) is 32.8 Å². The van der Waals surface area contributed by atoms with Crippen molar-refractivity contribution in [1.29, 1.82) is 0 Å². The van der Waals surface area contributed by atoms with E-state index >= 15 is 0 Å². The van der Waals surface area contributed by atoms with Crippen molar-refractivity contribution in [3.63, 3.8) is 0 Å². The maximum atomic E-state index is 13.8. The van der Waals surface area contributed by atoms with Gasteiger partial charge in [0.2, 0.25) is 5.91 Å². The Kier molecular flexibility index (Phi) is 35.3. The number of ether oxygens (including phenoxy) is 1. The molecule has 280 valence electrons. The van der Waals surface area contributed by atoms with E-state index in [1.54, 1.807) is 0 Å². The van der Waals surface area contributed by atoms with E-state index in [4.69, 9.17) is 4.74 Å². The van der Waals surface area contributed by atoms with Crippen LogP contribution in [0.25, 0.3) is 0 Å². The lowest BCUT2D eigenvalue weighted by molar-refractivity contribution is -0.149. The van der Waals surface area contributed by atoms with E-state index in [-0.39, 0.29) is 18.4 Å². The van der Waals surface area contributed by atoms with E-state index in [1.165, 1.54) is 154 Å². The van der Waals surface area contributed by atoms with Gasteiger partial charge >= 0.3 is 0 Å². The van der Waals surface area contributed by atoms with Crippen LogP contribution in [0.5, 0.6) is 0 Å². The number of nitrogens with zero attached hydrogens (tertiary/aromatic N) is 2. The fourth-order valence-corrected chi connectivity index (χ4v) is 6.56. The number of unbranched alkanes of at least 4 members (excludes halogenated alkanes) is 24. The molecule has 0 radical (unpaired) electrons. The summed E-state index contributed by atoms with van der Waals surface area (Å²) in [5.74, 6) is 0.167. The van der Waals surface area contributed by atoms with Gasteiger partial charge in [0, 0.05) is 26.2 Å². The van der Waals surface area contributed by atoms with Crippen LogP contribution in [0.2, 0.25) is 0 Å². The minimum Gasteiger partial charge on any atom is -0.359 e. The van der Waals surface area contributed by atoms with Gasteiger partial charge in [0.15, 0.2) is 0 Å². The van der Waals surface area contributed by atoms with Crippen LogP contribution in [-0.2, 0) is 14.3 Å². The van der Waals surface area contributed by atoms with Crippen LogP contribution >= 0.6 is 0 Å². The van der Waals surface area contributed by atoms with Gasteiger partial charge < -0.3 is 14.5 Å². The van der Waals surface area contributed by atoms with Crippen LogP contribution in [0.4, 0.5) is 0 Å². The zero-order valence-electron chi connectivity index (χ0n) is 32.7. The summed E-state index contributed by atoms with van der Waals surface area (Å²) < 4.78 is 6.18. The normalized spacial score (nSPS) is 12.0. The Morgan fingerprint density at radius 2 is 0.681 bits per heavy atom. The van der Waals surface area contributed by atoms with Crippen molar-refractivity contribution in [2.45, 2.75) is 227 Å². The van der Waals surface area contributed by atoms with E-state index in [0.717, 1.165) is 51.9 Å². The van der Waals surface area contributed by atoms with Crippen LogP contribution < -0.4 is 0 Å². The van der Waals surface area contributed by atoms with Gasteiger partial charge in [-0.3, -0.25) is 9.59 Å². The summed E-state index contributed by atoms with van der Waals surface area (Å²) >= 11 is 0. The molecule has 0 aliphatic carbocycles. The molecule has 0 aromatic heterocycles. The number of hydrogen-bond donors (Lipinski definition) is 0. The second-order valence-corrected chi connectivity index (χ2v) is 14.4. The average molecular weight is 665 g/mol. The summed E-state index contributed by atoms with van der Waals surface area (Å²) in [7, 11) is 0. The Labute approximate surface area is 295 Å². The SMILES string of the molecule is CCCCCCCCCCN(CCCCCCCC)C(=O)COC(CC)C(=O)N(CCCCCCCC)CCCCCCCCCC. The minimum atomic E-state index is -0.521. The third-order valence-corrected chi connectivity index (χ3v) is 9.84. The van der Waals surface area contributed by atoms with Gasteiger partial charge in [0.25, 0.3) is 5.91 Å². The molecule has 1 atom stereocenters. The number of carbonyl (C=O) groups is 2. The Balaban J connectivity index is 5.01. The Morgan fingerprint density at radius 1 is 0.404 bits per heavy atom. The molecule has 47 heavy (non-hydrogen) atoms. The van der Waals surface area contributed by atoms with E-state index in [2.05, 4.69) is 32.6 Å². The third kappa shape index (κ3) is 28.4. The van der Waals surface area contributed by atoms with E-state index in [9.17, 15) is 9.59 Å². The van der Waals surface area contributed by atoms with Crippen molar-refractivity contribution in [3.8, 4) is 0 Å². The molecule has 0 fully saturated rings. The van der Waals surface area contributed by atoms with Gasteiger partial charge in [0.1, 0.15) is 12.7 Å². The molecule has 0 aliphatic heterocycles. The summed E-state index contributed by atoms with van der Waals surface area (Å²) in [6.07, 6.45) is 35.1. The number of amides is 2. The Morgan fingerprint density at radius 3 is 0.979 bits per heavy atom. The van der Waals surface area contributed by atoms with Gasteiger partial charge in [-0.1, -0.05) is 189 Å². The van der Waals surface area contributed by atoms with Crippen molar-refractivity contribution >= 4 is 11.8 Å². The molecule has 0 spiro atoms. The first-order valence-corrected chi connectivity index (χ1v) is 21.2. The van der Waals surface area contributed by atoms with E-state index < -0.39 is 6.10 Å². The van der Waals surface area contributed by atoms with E-state index in [0.29, 0.717) is 6.42 Å². The molecule has 0 rings (SSSR count). The third-order valence-electron chi connectivity index (χ3n) is 9.84. The predicted molar refractivity (Wildman–Crippen MR) is 205 cm³/mol. The van der Waals surface area contributed by atoms with Crippen molar-refractivity contribution in [1.82, 2.24) is 9.80 Å². The van der Waals surface area contributed by atoms with Gasteiger partial charge in [-0.25, -0.2) is 0 Å². The minimum absolute atomic E-state index is 0.0275. The summed E-state index contributed by atoms with van der Waals surface area (Å²) in [6, 6.07) is 0. The molecular weight excluding hydrogens is 580 g/mol. The quantitative estimate of drug-likeness (QED) is 0.0621. The molecule has 0 aromatic carbocycles. The van der Waals surface area contributed by atoms with Gasteiger partial charge in [-0.05, 0) is 32.1 Å². The van der Waals surface area contributed by atoms with Crippen molar-refractivity contribution in [2.24, 2.45) is 0 Å². The largest absolute Gasteiger partial charge is 0.359 e. The van der Waals surface area contributed by atoms with Crippen molar-refractivity contribution in [3.05, 3.63) is 0 Å². The monoisotopic (exact) mass is 665 g/mol. The smallest absolute Gasteiger partial charge is 0.251 e. The molecule has 0 aromatic rings. The molecule has 0 heterocycles. The molecule has 0 bridgehead atoms. The topological polar surface area (TPSA) is 49.9 Å². The summed E-state index contributed by atoms with van der Waals surface area (Å²) in [5.41, 5.74) is 0. The first-order chi connectivity index (χ1) is 23.0. The Hall–Kier alpha value is -1.10. The highest BCUT2D eigenvalue weighted by molar-refractivity contribution is 5.82. The second-order valence-electron chi connectivity index (χ2n) is 14.4. The zero-order chi connectivity index (χ0) is 34.6. The maximum absolute atomic E-state index is 13.8. The molecule has 5 nitrogen and oxygen atoms in total. The van der Waals surface area contributed by atoms with Crippen LogP contribution in [0.15, 0.2) is 0 Å². The highest BCUT2D eigenvalue weighted by atomic mass is 16.5. The fourth-order valence-electron chi connectivity index (χ4n) is 6.56. The molecule has 2 amide bonds. The van der Waals surface area contributed by atoms with Gasteiger partial charge in [-0.2, -0.15) is 0 Å². The fraction of sp³-hybridized carbons (Fsp3) is 0.952. The first kappa shape index (κ1) is 45.9. The van der Waals surface area contributed by atoms with Crippen LogP contribution in [-0.4, -0.2) is 60.5 Å². The second kappa shape index (κ2) is 36.2. The number of hydrogen-bond acceptors (Lipinski definition) is 3. The number of rotatable bonds is 37. The zero-order valence-corrected chi connectivity index (χ0v) is 32.7. The molecule has 5 heteroatoms. The summed E-state index contributed by atoms with van der Waals surface area (Å²) in [4.78, 5) is 31.4. The standard InChI is InChI=1S/C42H84N2O3/c1-6-11-15-19-23-25-29-32-36-43(35-31-27-21-17-13-8-3)41(45)39-47-40(10-5)42(46)44(37-33-28-22-18-14-9-4)38-34-30-26-24-20-16-12-7-2/h40H,6-39H2,1-5H3. The van der Waals surface area contributed by atoms with Crippen LogP contribution in [0.3, 0.4) is 0 Å². The molecular formula is C42H84N2O3. The lowest BCUT2D eigenvalue weighted by Gasteiger charge is -2.28. The molecule has 1 unspecified atom stereocenters. The van der Waals surface area contributed by atoms with E-state index in [1.807, 2.05) is 11.8 Å². The molecule has 0 saturated carbocycles. The lowest BCUT2D eigenvalue weighted by atomic mass is 10.1. The Bertz CT molecular complexity index is 670. The maximum Gasteiger partial charge on any atom is 0.251 e. The van der Waals surface area contributed by atoms with Gasteiger partial charge in [-0.15, -0.1) is 0 Å². The van der Waals surface area contributed by atoms with Gasteiger partial charge in [0.05, 0.1) is 0 Å². The highest BCUT2D eigenvalue weighted by Crippen LogP contribution is 2.15. The number of carbonyl (C=O) groups excluding carboxylic acids is 2. The molecule has 0 N–H and O–H groups in total.